The van der Waals surface area contributed by atoms with Gasteiger partial charge in [0.15, 0.2) is 0 Å². The molecule has 1 aliphatic heterocycles. The summed E-state index contributed by atoms with van der Waals surface area (Å²) in [7, 11) is 0. The zero-order valence-corrected chi connectivity index (χ0v) is 11.2. The van der Waals surface area contributed by atoms with E-state index in [2.05, 4.69) is 16.7 Å². The second-order valence-corrected chi connectivity index (χ2v) is 5.89. The molecule has 2 rings (SSSR count). The van der Waals surface area contributed by atoms with Crippen molar-refractivity contribution in [2.24, 2.45) is 11.7 Å². The molecular formula is C13H25F2N3. The Balaban J connectivity index is 1.71. The standard InChI is InChI=1S/C13H25F2N3/c1-11(9-16)18-6-4-17(5-7-18)10-12-2-3-13(14,15)8-12/h11-12H,2-10,16H2,1H3. The molecule has 2 unspecified atom stereocenters. The van der Waals surface area contributed by atoms with E-state index in [1.165, 1.54) is 0 Å². The van der Waals surface area contributed by atoms with Gasteiger partial charge in [0.05, 0.1) is 0 Å². The Kier molecular flexibility index (Phi) is 4.56. The fraction of sp³-hybridized carbons (Fsp3) is 1.00. The Morgan fingerprint density at radius 1 is 1.28 bits per heavy atom. The maximum Gasteiger partial charge on any atom is 0.248 e. The predicted molar refractivity (Wildman–Crippen MR) is 68.8 cm³/mol. The van der Waals surface area contributed by atoms with Crippen LogP contribution >= 0.6 is 0 Å². The van der Waals surface area contributed by atoms with E-state index in [9.17, 15) is 8.78 Å². The average Bonchev–Trinajstić information content (AvgIpc) is 2.68. The van der Waals surface area contributed by atoms with Crippen molar-refractivity contribution in [2.75, 3.05) is 39.3 Å². The van der Waals surface area contributed by atoms with Crippen LogP contribution in [0.25, 0.3) is 0 Å². The van der Waals surface area contributed by atoms with Crippen LogP contribution < -0.4 is 5.73 Å². The maximum absolute atomic E-state index is 13.1. The summed E-state index contributed by atoms with van der Waals surface area (Å²) in [6, 6.07) is 0.433. The third kappa shape index (κ3) is 3.62. The Morgan fingerprint density at radius 2 is 1.94 bits per heavy atom. The number of piperazine rings is 1. The molecule has 1 saturated heterocycles. The number of rotatable bonds is 4. The van der Waals surface area contributed by atoms with Crippen molar-refractivity contribution in [3.8, 4) is 0 Å². The van der Waals surface area contributed by atoms with E-state index in [1.807, 2.05) is 0 Å². The second-order valence-electron chi connectivity index (χ2n) is 5.89. The molecule has 1 saturated carbocycles. The number of nitrogens with two attached hydrogens (primary N) is 1. The van der Waals surface area contributed by atoms with Gasteiger partial charge in [0, 0.05) is 58.2 Å². The molecule has 0 bridgehead atoms. The van der Waals surface area contributed by atoms with E-state index in [-0.39, 0.29) is 18.8 Å². The summed E-state index contributed by atoms with van der Waals surface area (Å²) >= 11 is 0. The summed E-state index contributed by atoms with van der Waals surface area (Å²) in [6.07, 6.45) is 0.862. The molecule has 0 amide bonds. The van der Waals surface area contributed by atoms with Gasteiger partial charge in [0.25, 0.3) is 0 Å². The highest BCUT2D eigenvalue weighted by molar-refractivity contribution is 4.85. The molecule has 2 fully saturated rings. The van der Waals surface area contributed by atoms with Gasteiger partial charge in [-0.05, 0) is 19.3 Å². The van der Waals surface area contributed by atoms with E-state index < -0.39 is 5.92 Å². The molecule has 2 N–H and O–H groups in total. The molecule has 5 heteroatoms. The first-order chi connectivity index (χ1) is 8.50. The number of alkyl halides is 2. The van der Waals surface area contributed by atoms with Crippen LogP contribution in [0, 0.1) is 5.92 Å². The molecule has 0 spiro atoms. The molecule has 0 aromatic heterocycles. The number of hydrogen-bond donors (Lipinski definition) is 1. The summed E-state index contributed by atoms with van der Waals surface area (Å²) in [6.45, 7) is 7.70. The molecule has 0 radical (unpaired) electrons. The predicted octanol–water partition coefficient (Wildman–Crippen LogP) is 1.39. The first-order valence-corrected chi connectivity index (χ1v) is 7.04. The highest BCUT2D eigenvalue weighted by atomic mass is 19.3. The van der Waals surface area contributed by atoms with Crippen LogP contribution in [-0.2, 0) is 0 Å². The van der Waals surface area contributed by atoms with Crippen LogP contribution in [0.3, 0.4) is 0 Å². The molecule has 3 nitrogen and oxygen atoms in total. The zero-order valence-electron chi connectivity index (χ0n) is 11.2. The Hall–Kier alpha value is -0.260. The Morgan fingerprint density at radius 3 is 2.44 bits per heavy atom. The van der Waals surface area contributed by atoms with Crippen molar-refractivity contribution in [3.63, 3.8) is 0 Å². The second kappa shape index (κ2) is 5.80. The van der Waals surface area contributed by atoms with Gasteiger partial charge < -0.3 is 10.6 Å². The van der Waals surface area contributed by atoms with Crippen molar-refractivity contribution in [2.45, 2.75) is 38.2 Å². The van der Waals surface area contributed by atoms with Gasteiger partial charge in [0.2, 0.25) is 5.92 Å². The smallest absolute Gasteiger partial charge is 0.248 e. The maximum atomic E-state index is 13.1. The Bertz CT molecular complexity index is 265. The van der Waals surface area contributed by atoms with Crippen LogP contribution in [0.1, 0.15) is 26.2 Å². The van der Waals surface area contributed by atoms with Gasteiger partial charge in [-0.2, -0.15) is 0 Å². The Labute approximate surface area is 108 Å². The summed E-state index contributed by atoms with van der Waals surface area (Å²) < 4.78 is 26.2. The number of hydrogen-bond acceptors (Lipinski definition) is 3. The third-order valence-corrected chi connectivity index (χ3v) is 4.39. The average molecular weight is 261 g/mol. The van der Waals surface area contributed by atoms with E-state index in [0.717, 1.165) is 32.7 Å². The van der Waals surface area contributed by atoms with Gasteiger partial charge in [-0.1, -0.05) is 0 Å². The SMILES string of the molecule is CC(CN)N1CCN(CC2CCC(F)(F)C2)CC1. The molecule has 106 valence electrons. The fourth-order valence-electron chi connectivity index (χ4n) is 3.10. The minimum absolute atomic E-state index is 0.0852. The van der Waals surface area contributed by atoms with Crippen molar-refractivity contribution in [1.29, 1.82) is 0 Å². The summed E-state index contributed by atoms with van der Waals surface area (Å²) in [4.78, 5) is 4.73. The van der Waals surface area contributed by atoms with Crippen molar-refractivity contribution < 1.29 is 8.78 Å². The molecule has 1 heterocycles. The lowest BCUT2D eigenvalue weighted by molar-refractivity contribution is 0.00222. The molecule has 2 aliphatic rings. The van der Waals surface area contributed by atoms with E-state index in [0.29, 0.717) is 19.0 Å². The topological polar surface area (TPSA) is 32.5 Å². The van der Waals surface area contributed by atoms with Crippen molar-refractivity contribution in [1.82, 2.24) is 9.80 Å². The van der Waals surface area contributed by atoms with Gasteiger partial charge in [0.1, 0.15) is 0 Å². The fourth-order valence-corrected chi connectivity index (χ4v) is 3.10. The van der Waals surface area contributed by atoms with Gasteiger partial charge in [-0.3, -0.25) is 4.90 Å². The lowest BCUT2D eigenvalue weighted by atomic mass is 10.1. The van der Waals surface area contributed by atoms with E-state index >= 15 is 0 Å². The molecular weight excluding hydrogens is 236 g/mol. The highest BCUT2D eigenvalue weighted by Gasteiger charge is 2.40. The number of nitrogens with zero attached hydrogens (tertiary/aromatic N) is 2. The quantitative estimate of drug-likeness (QED) is 0.830. The van der Waals surface area contributed by atoms with Crippen LogP contribution in [0.2, 0.25) is 0 Å². The molecule has 0 aromatic rings. The highest BCUT2D eigenvalue weighted by Crippen LogP contribution is 2.39. The van der Waals surface area contributed by atoms with Crippen molar-refractivity contribution >= 4 is 0 Å². The molecule has 18 heavy (non-hydrogen) atoms. The third-order valence-electron chi connectivity index (χ3n) is 4.39. The summed E-state index contributed by atoms with van der Waals surface area (Å²) in [5.74, 6) is -2.21. The van der Waals surface area contributed by atoms with Crippen molar-refractivity contribution in [3.05, 3.63) is 0 Å². The van der Waals surface area contributed by atoms with E-state index in [1.54, 1.807) is 0 Å². The molecule has 0 aromatic carbocycles. The largest absolute Gasteiger partial charge is 0.329 e. The van der Waals surface area contributed by atoms with Crippen LogP contribution in [-0.4, -0.2) is 61.0 Å². The zero-order chi connectivity index (χ0) is 13.2. The van der Waals surface area contributed by atoms with Crippen LogP contribution in [0.15, 0.2) is 0 Å². The monoisotopic (exact) mass is 261 g/mol. The summed E-state index contributed by atoms with van der Waals surface area (Å²) in [5, 5.41) is 0. The number of halogens is 2. The lowest BCUT2D eigenvalue weighted by Crippen LogP contribution is -2.52. The first-order valence-electron chi connectivity index (χ1n) is 7.04. The molecule has 1 aliphatic carbocycles. The van der Waals surface area contributed by atoms with Gasteiger partial charge in [-0.25, -0.2) is 8.78 Å². The van der Waals surface area contributed by atoms with Crippen LogP contribution in [0.4, 0.5) is 8.78 Å². The van der Waals surface area contributed by atoms with Crippen LogP contribution in [0.5, 0.6) is 0 Å². The van der Waals surface area contributed by atoms with Gasteiger partial charge >= 0.3 is 0 Å². The molecule has 2 atom stereocenters. The first kappa shape index (κ1) is 14.2. The van der Waals surface area contributed by atoms with Gasteiger partial charge in [-0.15, -0.1) is 0 Å². The minimum Gasteiger partial charge on any atom is -0.329 e. The summed E-state index contributed by atoms with van der Waals surface area (Å²) in [5.41, 5.74) is 5.66. The van der Waals surface area contributed by atoms with E-state index in [4.69, 9.17) is 5.73 Å². The minimum atomic E-state index is -2.40. The lowest BCUT2D eigenvalue weighted by Gasteiger charge is -2.38. The normalized spacial score (nSPS) is 31.7.